The molecule has 1 saturated carbocycles. The molecule has 0 saturated heterocycles. The maximum Gasteiger partial charge on any atom is 0.167 e. The van der Waals surface area contributed by atoms with Gasteiger partial charge in [-0.3, -0.25) is 4.79 Å². The van der Waals surface area contributed by atoms with Gasteiger partial charge in [-0.15, -0.1) is 0 Å². The number of carbonyl (C=O) groups is 1. The van der Waals surface area contributed by atoms with Gasteiger partial charge in [0.1, 0.15) is 5.76 Å². The number of rotatable bonds is 2. The van der Waals surface area contributed by atoms with Crippen molar-refractivity contribution in [2.24, 2.45) is 5.41 Å². The minimum absolute atomic E-state index is 0.0781. The van der Waals surface area contributed by atoms with Gasteiger partial charge in [0, 0.05) is 18.9 Å². The van der Waals surface area contributed by atoms with Gasteiger partial charge in [-0.1, -0.05) is 17.7 Å². The zero-order valence-corrected chi connectivity index (χ0v) is 14.5. The summed E-state index contributed by atoms with van der Waals surface area (Å²) in [5.41, 5.74) is 4.38. The largest absolute Gasteiger partial charge is 0.511 e. The first-order valence-electron chi connectivity index (χ1n) is 8.46. The van der Waals surface area contributed by atoms with Gasteiger partial charge in [0.05, 0.1) is 11.7 Å². The second-order valence-corrected chi connectivity index (χ2v) is 7.33. The summed E-state index contributed by atoms with van der Waals surface area (Å²) < 4.78 is 5.52. The van der Waals surface area contributed by atoms with Crippen LogP contribution in [-0.4, -0.2) is 24.1 Å². The highest BCUT2D eigenvalue weighted by molar-refractivity contribution is 6.24. The van der Waals surface area contributed by atoms with Crippen LogP contribution in [0.1, 0.15) is 54.4 Å². The average molecular weight is 314 g/mol. The molecule has 1 aromatic carbocycles. The molecule has 2 unspecified atom stereocenters. The van der Waals surface area contributed by atoms with E-state index < -0.39 is 5.41 Å². The molecule has 0 bridgehead atoms. The van der Waals surface area contributed by atoms with Crippen LogP contribution in [0.2, 0.25) is 0 Å². The van der Waals surface area contributed by atoms with Crippen LogP contribution in [0, 0.1) is 26.2 Å². The molecule has 23 heavy (non-hydrogen) atoms. The summed E-state index contributed by atoms with van der Waals surface area (Å²) in [5.74, 6) is 0.383. The van der Waals surface area contributed by atoms with Gasteiger partial charge >= 0.3 is 0 Å². The summed E-state index contributed by atoms with van der Waals surface area (Å²) in [7, 11) is 1.72. The zero-order valence-electron chi connectivity index (χ0n) is 14.5. The molecule has 0 aromatic heterocycles. The number of allylic oxidation sites excluding steroid dienone is 2. The molecule has 0 radical (unpaired) electrons. The second kappa shape index (κ2) is 5.79. The molecule has 1 N–H and O–H groups in total. The van der Waals surface area contributed by atoms with Gasteiger partial charge in [-0.2, -0.15) is 0 Å². The lowest BCUT2D eigenvalue weighted by Crippen LogP contribution is -2.32. The highest BCUT2D eigenvalue weighted by atomic mass is 16.5. The van der Waals surface area contributed by atoms with E-state index in [-0.39, 0.29) is 11.9 Å². The van der Waals surface area contributed by atoms with Gasteiger partial charge in [-0.05, 0) is 63.1 Å². The Balaban J connectivity index is 2.10. The minimum Gasteiger partial charge on any atom is -0.511 e. The highest BCUT2D eigenvalue weighted by Crippen LogP contribution is 2.53. The monoisotopic (exact) mass is 314 g/mol. The van der Waals surface area contributed by atoms with E-state index >= 15 is 0 Å². The fourth-order valence-electron chi connectivity index (χ4n) is 4.59. The lowest BCUT2D eigenvalue weighted by molar-refractivity contribution is -0.115. The normalized spacial score (nSPS) is 28.0. The van der Waals surface area contributed by atoms with E-state index in [1.165, 1.54) is 5.56 Å². The molecule has 3 heteroatoms. The summed E-state index contributed by atoms with van der Waals surface area (Å²) in [6.45, 7) is 6.10. The van der Waals surface area contributed by atoms with Crippen LogP contribution in [0.4, 0.5) is 0 Å². The highest BCUT2D eigenvalue weighted by Gasteiger charge is 2.49. The summed E-state index contributed by atoms with van der Waals surface area (Å²) in [5, 5.41) is 11.0. The van der Waals surface area contributed by atoms with E-state index in [4.69, 9.17) is 4.74 Å². The Hall–Kier alpha value is -1.61. The van der Waals surface area contributed by atoms with E-state index in [9.17, 15) is 9.90 Å². The number of Topliss-reactive ketones (excluding diaryl/α,β-unsaturated/α-hetero) is 1. The number of aryl methyl sites for hydroxylation is 3. The summed E-state index contributed by atoms with van der Waals surface area (Å²) in [6, 6.07) is 4.17. The lowest BCUT2D eigenvalue weighted by atomic mass is 9.71. The molecule has 0 heterocycles. The number of ketones is 1. The number of hydrogen-bond acceptors (Lipinski definition) is 3. The lowest BCUT2D eigenvalue weighted by Gasteiger charge is -2.37. The standard InChI is InChI=1S/C20H26O3/c1-12-8-13(2)17(14(3)9-12)18-16(21)11-20(19(18)22)7-5-6-15(10-20)23-4/h8-9,15,22H,5-7,10-11H2,1-4H3. The smallest absolute Gasteiger partial charge is 0.167 e. The van der Waals surface area contributed by atoms with Crippen molar-refractivity contribution in [3.8, 4) is 0 Å². The molecule has 1 fully saturated rings. The number of hydrogen-bond donors (Lipinski definition) is 1. The molecule has 0 amide bonds. The number of benzene rings is 1. The molecule has 0 aliphatic heterocycles. The maximum atomic E-state index is 12.8. The number of methoxy groups -OCH3 is 1. The quantitative estimate of drug-likeness (QED) is 0.878. The van der Waals surface area contributed by atoms with E-state index in [1.54, 1.807) is 7.11 Å². The predicted octanol–water partition coefficient (Wildman–Crippen LogP) is 4.43. The van der Waals surface area contributed by atoms with Gasteiger partial charge in [0.2, 0.25) is 0 Å². The average Bonchev–Trinajstić information content (AvgIpc) is 2.70. The van der Waals surface area contributed by atoms with Crippen molar-refractivity contribution in [2.75, 3.05) is 7.11 Å². The van der Waals surface area contributed by atoms with Crippen LogP contribution >= 0.6 is 0 Å². The third-order valence-electron chi connectivity index (χ3n) is 5.58. The van der Waals surface area contributed by atoms with Crippen molar-refractivity contribution in [1.29, 1.82) is 0 Å². The van der Waals surface area contributed by atoms with E-state index in [2.05, 4.69) is 19.1 Å². The third-order valence-corrected chi connectivity index (χ3v) is 5.58. The first kappa shape index (κ1) is 16.3. The fraction of sp³-hybridized carbons (Fsp3) is 0.550. The van der Waals surface area contributed by atoms with Crippen molar-refractivity contribution in [1.82, 2.24) is 0 Å². The van der Waals surface area contributed by atoms with Crippen molar-refractivity contribution >= 4 is 11.4 Å². The summed E-state index contributed by atoms with van der Waals surface area (Å²) >= 11 is 0. The molecule has 124 valence electrons. The van der Waals surface area contributed by atoms with E-state index in [0.717, 1.165) is 42.4 Å². The molecular formula is C20H26O3. The van der Waals surface area contributed by atoms with Crippen molar-refractivity contribution in [3.63, 3.8) is 0 Å². The Morgan fingerprint density at radius 3 is 2.48 bits per heavy atom. The Bertz CT molecular complexity index is 663. The van der Waals surface area contributed by atoms with Gasteiger partial charge < -0.3 is 9.84 Å². The number of carbonyl (C=O) groups excluding carboxylic acids is 1. The molecule has 2 aliphatic rings. The zero-order chi connectivity index (χ0) is 16.8. The first-order chi connectivity index (χ1) is 10.9. The minimum atomic E-state index is -0.408. The van der Waals surface area contributed by atoms with Crippen LogP contribution in [0.5, 0.6) is 0 Å². The van der Waals surface area contributed by atoms with Crippen LogP contribution < -0.4 is 0 Å². The number of aliphatic hydroxyl groups excluding tert-OH is 1. The Labute approximate surface area is 138 Å². The van der Waals surface area contributed by atoms with Crippen molar-refractivity contribution < 1.29 is 14.6 Å². The van der Waals surface area contributed by atoms with Crippen LogP contribution in [0.3, 0.4) is 0 Å². The maximum absolute atomic E-state index is 12.8. The van der Waals surface area contributed by atoms with Gasteiger partial charge in [-0.25, -0.2) is 0 Å². The molecular weight excluding hydrogens is 288 g/mol. The van der Waals surface area contributed by atoms with E-state index in [0.29, 0.717) is 17.8 Å². The molecule has 3 nitrogen and oxygen atoms in total. The van der Waals surface area contributed by atoms with Crippen LogP contribution in [-0.2, 0) is 9.53 Å². The predicted molar refractivity (Wildman–Crippen MR) is 91.5 cm³/mol. The molecule has 1 aromatic rings. The second-order valence-electron chi connectivity index (χ2n) is 7.33. The Morgan fingerprint density at radius 1 is 1.22 bits per heavy atom. The number of aliphatic hydroxyl groups is 1. The molecule has 2 atom stereocenters. The van der Waals surface area contributed by atoms with Crippen LogP contribution in [0.15, 0.2) is 17.9 Å². The fourth-order valence-corrected chi connectivity index (χ4v) is 4.59. The van der Waals surface area contributed by atoms with Crippen molar-refractivity contribution in [2.45, 2.75) is 59.0 Å². The SMILES string of the molecule is COC1CCCC2(CC(=O)C(c3c(C)cc(C)cc3C)=C2O)C1. The Morgan fingerprint density at radius 2 is 1.87 bits per heavy atom. The van der Waals surface area contributed by atoms with Crippen molar-refractivity contribution in [3.05, 3.63) is 40.1 Å². The third kappa shape index (κ3) is 2.61. The molecule has 3 rings (SSSR count). The summed E-state index contributed by atoms with van der Waals surface area (Å²) in [4.78, 5) is 12.8. The van der Waals surface area contributed by atoms with Gasteiger partial charge in [0.15, 0.2) is 5.78 Å². The summed E-state index contributed by atoms with van der Waals surface area (Å²) in [6.07, 6.45) is 4.18. The topological polar surface area (TPSA) is 46.5 Å². The van der Waals surface area contributed by atoms with Crippen LogP contribution in [0.25, 0.3) is 5.57 Å². The molecule has 2 aliphatic carbocycles. The van der Waals surface area contributed by atoms with Gasteiger partial charge in [0.25, 0.3) is 0 Å². The Kier molecular flexibility index (Phi) is 4.09. The van der Waals surface area contributed by atoms with E-state index in [1.807, 2.05) is 13.8 Å². The first-order valence-corrected chi connectivity index (χ1v) is 8.46. The number of ether oxygens (including phenoxy) is 1. The molecule has 1 spiro atoms.